The number of benzene rings is 2. The molecule has 0 spiro atoms. The fourth-order valence-corrected chi connectivity index (χ4v) is 6.29. The summed E-state index contributed by atoms with van der Waals surface area (Å²) in [6, 6.07) is 15.9. The molecule has 10 nitrogen and oxygen atoms in total. The summed E-state index contributed by atoms with van der Waals surface area (Å²) in [5, 5.41) is 0.643. The number of H-pyrrole nitrogens is 1. The van der Waals surface area contributed by atoms with Crippen LogP contribution in [0.3, 0.4) is 0 Å². The molecule has 1 unspecified atom stereocenters. The van der Waals surface area contributed by atoms with E-state index in [1.807, 2.05) is 30.3 Å². The highest BCUT2D eigenvalue weighted by Gasteiger charge is 2.36. The first-order valence-electron chi connectivity index (χ1n) is 11.7. The molecule has 1 fully saturated rings. The van der Waals surface area contributed by atoms with Crippen LogP contribution in [0.2, 0.25) is 5.02 Å². The van der Waals surface area contributed by atoms with Crippen LogP contribution < -0.4 is 15.2 Å². The molecule has 38 heavy (non-hydrogen) atoms. The number of halogens is 1. The van der Waals surface area contributed by atoms with Gasteiger partial charge in [-0.2, -0.15) is 4.31 Å². The predicted octanol–water partition coefficient (Wildman–Crippen LogP) is 3.46. The number of hydrogen-bond acceptors (Lipinski definition) is 7. The standard InChI is InChI=1S/C26H25ClN4O6S/c1-35-23-9-4-17(13-29-23)16-2-6-19(7-3-16)37-15-20-14-31(10-11-36-20)38(33,34)25-21-12-18(27)5-8-22(21)30-24(25)26(28)32/h2-9,12-13,20,30H,10-11,14-15H2,1H3,(H2,28,32). The second-order valence-corrected chi connectivity index (χ2v) is 11.0. The van der Waals surface area contributed by atoms with Gasteiger partial charge < -0.3 is 24.9 Å². The Hall–Kier alpha value is -3.64. The summed E-state index contributed by atoms with van der Waals surface area (Å²) >= 11 is 6.11. The summed E-state index contributed by atoms with van der Waals surface area (Å²) in [6.07, 6.45) is 1.21. The number of amides is 1. The normalized spacial score (nSPS) is 16.4. The van der Waals surface area contributed by atoms with Crippen molar-refractivity contribution in [1.29, 1.82) is 0 Å². The Morgan fingerprint density at radius 2 is 1.95 bits per heavy atom. The van der Waals surface area contributed by atoms with Gasteiger partial charge >= 0.3 is 0 Å². The monoisotopic (exact) mass is 556 g/mol. The van der Waals surface area contributed by atoms with Crippen LogP contribution in [-0.4, -0.2) is 68.1 Å². The number of nitrogens with zero attached hydrogens (tertiary/aromatic N) is 2. The number of ether oxygens (including phenoxy) is 3. The molecule has 1 saturated heterocycles. The van der Waals surface area contributed by atoms with Crippen molar-refractivity contribution in [3.63, 3.8) is 0 Å². The number of nitrogens with two attached hydrogens (primary N) is 1. The molecule has 0 aliphatic carbocycles. The van der Waals surface area contributed by atoms with Crippen molar-refractivity contribution in [3.8, 4) is 22.8 Å². The number of aromatic amines is 1. The van der Waals surface area contributed by atoms with Gasteiger partial charge in [-0.15, -0.1) is 0 Å². The van der Waals surface area contributed by atoms with Crippen LogP contribution in [0, 0.1) is 0 Å². The molecule has 0 saturated carbocycles. The number of methoxy groups -OCH3 is 1. The molecule has 198 valence electrons. The fraction of sp³-hybridized carbons (Fsp3) is 0.231. The molecule has 5 rings (SSSR count). The maximum Gasteiger partial charge on any atom is 0.266 e. The van der Waals surface area contributed by atoms with E-state index in [2.05, 4.69) is 9.97 Å². The Bertz CT molecular complexity index is 1570. The largest absolute Gasteiger partial charge is 0.491 e. The van der Waals surface area contributed by atoms with Crippen molar-refractivity contribution in [2.24, 2.45) is 5.73 Å². The van der Waals surface area contributed by atoms with Gasteiger partial charge in [-0.05, 0) is 42.0 Å². The smallest absolute Gasteiger partial charge is 0.266 e. The zero-order chi connectivity index (χ0) is 26.9. The zero-order valence-electron chi connectivity index (χ0n) is 20.4. The lowest BCUT2D eigenvalue weighted by Gasteiger charge is -2.32. The van der Waals surface area contributed by atoms with Gasteiger partial charge in [-0.25, -0.2) is 13.4 Å². The molecule has 12 heteroatoms. The van der Waals surface area contributed by atoms with Crippen LogP contribution in [0.1, 0.15) is 10.5 Å². The van der Waals surface area contributed by atoms with Crippen molar-refractivity contribution >= 4 is 38.4 Å². The van der Waals surface area contributed by atoms with E-state index in [1.54, 1.807) is 31.5 Å². The van der Waals surface area contributed by atoms with Gasteiger partial charge in [0.25, 0.3) is 5.91 Å². The minimum atomic E-state index is -4.10. The van der Waals surface area contributed by atoms with E-state index in [9.17, 15) is 13.2 Å². The molecular formula is C26H25ClN4O6S. The van der Waals surface area contributed by atoms with Crippen LogP contribution in [0.15, 0.2) is 65.7 Å². The van der Waals surface area contributed by atoms with Gasteiger partial charge in [0.1, 0.15) is 29.0 Å². The number of pyridine rings is 1. The molecule has 0 radical (unpaired) electrons. The van der Waals surface area contributed by atoms with E-state index < -0.39 is 22.0 Å². The minimum Gasteiger partial charge on any atom is -0.491 e. The summed E-state index contributed by atoms with van der Waals surface area (Å²) < 4.78 is 45.4. The Kier molecular flexibility index (Phi) is 7.26. The molecule has 4 aromatic rings. The van der Waals surface area contributed by atoms with E-state index in [1.165, 1.54) is 10.4 Å². The topological polar surface area (TPSA) is 137 Å². The third-order valence-corrected chi connectivity index (χ3v) is 8.41. The van der Waals surface area contributed by atoms with Crippen molar-refractivity contribution < 1.29 is 27.4 Å². The van der Waals surface area contributed by atoms with Crippen LogP contribution in [0.25, 0.3) is 22.0 Å². The summed E-state index contributed by atoms with van der Waals surface area (Å²) in [5.41, 5.74) is 7.66. The first-order chi connectivity index (χ1) is 18.3. The number of sulfonamides is 1. The first-order valence-corrected chi connectivity index (χ1v) is 13.5. The van der Waals surface area contributed by atoms with Crippen LogP contribution >= 0.6 is 11.6 Å². The molecule has 1 aliphatic rings. The SMILES string of the molecule is COc1ccc(-c2ccc(OCC3CN(S(=O)(=O)c4c(C(N)=O)[nH]c5ccc(Cl)cc45)CCO3)cc2)cn1. The highest BCUT2D eigenvalue weighted by molar-refractivity contribution is 7.89. The Morgan fingerprint density at radius 1 is 1.18 bits per heavy atom. The molecule has 1 atom stereocenters. The van der Waals surface area contributed by atoms with E-state index in [4.69, 9.17) is 31.5 Å². The van der Waals surface area contributed by atoms with Crippen LogP contribution in [0.4, 0.5) is 0 Å². The van der Waals surface area contributed by atoms with E-state index >= 15 is 0 Å². The van der Waals surface area contributed by atoms with E-state index in [0.717, 1.165) is 11.1 Å². The second-order valence-electron chi connectivity index (χ2n) is 8.66. The first kappa shape index (κ1) is 26.0. The molecule has 2 aromatic heterocycles. The van der Waals surface area contributed by atoms with Gasteiger partial charge in [-0.1, -0.05) is 23.7 Å². The van der Waals surface area contributed by atoms with Crippen molar-refractivity contribution in [2.45, 2.75) is 11.0 Å². The number of fused-ring (bicyclic) bond motifs is 1. The molecule has 3 N–H and O–H groups in total. The molecule has 1 aliphatic heterocycles. The third kappa shape index (κ3) is 5.18. The van der Waals surface area contributed by atoms with Gasteiger partial charge in [0, 0.05) is 46.8 Å². The third-order valence-electron chi connectivity index (χ3n) is 6.23. The number of aromatic nitrogens is 2. The second kappa shape index (κ2) is 10.6. The number of morpholine rings is 1. The van der Waals surface area contributed by atoms with Gasteiger partial charge in [0.05, 0.1) is 13.7 Å². The number of primary amides is 1. The quantitative estimate of drug-likeness (QED) is 0.339. The van der Waals surface area contributed by atoms with Crippen molar-refractivity contribution in [3.05, 3.63) is 71.5 Å². The highest BCUT2D eigenvalue weighted by Crippen LogP contribution is 2.32. The minimum absolute atomic E-state index is 0.0450. The number of nitrogens with one attached hydrogen (secondary N) is 1. The summed E-state index contributed by atoms with van der Waals surface area (Å²) in [7, 11) is -2.54. The Morgan fingerprint density at radius 3 is 2.63 bits per heavy atom. The average Bonchev–Trinajstić information content (AvgIpc) is 3.32. The zero-order valence-corrected chi connectivity index (χ0v) is 22.0. The number of rotatable bonds is 8. The van der Waals surface area contributed by atoms with E-state index in [0.29, 0.717) is 27.6 Å². The molecule has 2 aromatic carbocycles. The predicted molar refractivity (Wildman–Crippen MR) is 142 cm³/mol. The van der Waals surface area contributed by atoms with Gasteiger partial charge in [0.2, 0.25) is 15.9 Å². The summed E-state index contributed by atoms with van der Waals surface area (Å²) in [6.45, 7) is 0.474. The molecule has 3 heterocycles. The Balaban J connectivity index is 1.29. The lowest BCUT2D eigenvalue weighted by atomic mass is 10.1. The lowest BCUT2D eigenvalue weighted by molar-refractivity contribution is -0.0249. The summed E-state index contributed by atoms with van der Waals surface area (Å²) in [5.74, 6) is 0.274. The molecule has 1 amide bonds. The van der Waals surface area contributed by atoms with Crippen LogP contribution in [0.5, 0.6) is 11.6 Å². The maximum absolute atomic E-state index is 13.7. The van der Waals surface area contributed by atoms with E-state index in [-0.39, 0.29) is 36.9 Å². The van der Waals surface area contributed by atoms with Gasteiger partial charge in [-0.3, -0.25) is 4.79 Å². The average molecular weight is 557 g/mol. The highest BCUT2D eigenvalue weighted by atomic mass is 35.5. The number of hydrogen-bond donors (Lipinski definition) is 2. The Labute approximate surface area is 224 Å². The molecular weight excluding hydrogens is 532 g/mol. The summed E-state index contributed by atoms with van der Waals surface area (Å²) in [4.78, 5) is 18.9. The van der Waals surface area contributed by atoms with Crippen molar-refractivity contribution in [2.75, 3.05) is 33.4 Å². The number of carbonyl (C=O) groups excluding carboxylic acids is 1. The lowest BCUT2D eigenvalue weighted by Crippen LogP contribution is -2.47. The van der Waals surface area contributed by atoms with Gasteiger partial charge in [0.15, 0.2) is 0 Å². The maximum atomic E-state index is 13.7. The van der Waals surface area contributed by atoms with Crippen LogP contribution in [-0.2, 0) is 14.8 Å². The molecule has 0 bridgehead atoms. The fourth-order valence-electron chi connectivity index (χ4n) is 4.33. The van der Waals surface area contributed by atoms with Crippen molar-refractivity contribution in [1.82, 2.24) is 14.3 Å². The number of carbonyl (C=O) groups is 1.